The molecule has 0 fully saturated rings. The SMILES string of the molecule is C[C@H](NS(=O)(=O)c1ccccc1)C(=O)Nc1ccc(C(N)=O)cc1. The molecule has 2 aromatic carbocycles. The average molecular weight is 347 g/mol. The van der Waals surface area contributed by atoms with E-state index in [-0.39, 0.29) is 4.90 Å². The van der Waals surface area contributed by atoms with E-state index in [9.17, 15) is 18.0 Å². The average Bonchev–Trinajstić information content (AvgIpc) is 2.55. The van der Waals surface area contributed by atoms with Gasteiger partial charge in [0.1, 0.15) is 0 Å². The Bertz CT molecular complexity index is 833. The van der Waals surface area contributed by atoms with Gasteiger partial charge in [-0.25, -0.2) is 8.42 Å². The van der Waals surface area contributed by atoms with Crippen molar-refractivity contribution in [2.24, 2.45) is 5.73 Å². The maximum atomic E-state index is 12.2. The van der Waals surface area contributed by atoms with E-state index >= 15 is 0 Å². The Kier molecular flexibility index (Phi) is 5.32. The number of primary amides is 1. The molecule has 1 atom stereocenters. The van der Waals surface area contributed by atoms with Crippen LogP contribution < -0.4 is 15.8 Å². The molecule has 2 amide bonds. The Morgan fingerprint density at radius 2 is 1.58 bits per heavy atom. The van der Waals surface area contributed by atoms with E-state index < -0.39 is 27.9 Å². The molecule has 0 aliphatic carbocycles. The summed E-state index contributed by atoms with van der Waals surface area (Å²) in [6, 6.07) is 12.8. The van der Waals surface area contributed by atoms with Crippen LogP contribution in [-0.4, -0.2) is 26.3 Å². The van der Waals surface area contributed by atoms with Gasteiger partial charge < -0.3 is 11.1 Å². The van der Waals surface area contributed by atoms with Crippen molar-refractivity contribution in [3.05, 3.63) is 60.2 Å². The lowest BCUT2D eigenvalue weighted by Gasteiger charge is -2.14. The van der Waals surface area contributed by atoms with Gasteiger partial charge in [-0.15, -0.1) is 0 Å². The molecule has 0 heterocycles. The Labute approximate surface area is 139 Å². The normalized spacial score (nSPS) is 12.4. The fraction of sp³-hybridized carbons (Fsp3) is 0.125. The Balaban J connectivity index is 2.03. The number of hydrogen-bond donors (Lipinski definition) is 3. The van der Waals surface area contributed by atoms with Crippen molar-refractivity contribution < 1.29 is 18.0 Å². The first-order valence-electron chi connectivity index (χ1n) is 7.08. The third-order valence-corrected chi connectivity index (χ3v) is 4.77. The lowest BCUT2D eigenvalue weighted by molar-refractivity contribution is -0.117. The van der Waals surface area contributed by atoms with Crippen LogP contribution in [0.2, 0.25) is 0 Å². The summed E-state index contributed by atoms with van der Waals surface area (Å²) in [6.07, 6.45) is 0. The highest BCUT2D eigenvalue weighted by Crippen LogP contribution is 2.11. The molecule has 0 aliphatic rings. The molecule has 2 aromatic rings. The van der Waals surface area contributed by atoms with Crippen LogP contribution in [0.15, 0.2) is 59.5 Å². The van der Waals surface area contributed by atoms with Gasteiger partial charge in [-0.05, 0) is 43.3 Å². The number of nitrogens with two attached hydrogens (primary N) is 1. The van der Waals surface area contributed by atoms with E-state index in [0.717, 1.165) is 0 Å². The zero-order valence-corrected chi connectivity index (χ0v) is 13.7. The van der Waals surface area contributed by atoms with Crippen LogP contribution in [0.3, 0.4) is 0 Å². The second kappa shape index (κ2) is 7.24. The highest BCUT2D eigenvalue weighted by Gasteiger charge is 2.21. The summed E-state index contributed by atoms with van der Waals surface area (Å²) in [6.45, 7) is 1.44. The molecule has 2 rings (SSSR count). The topological polar surface area (TPSA) is 118 Å². The van der Waals surface area contributed by atoms with E-state index in [4.69, 9.17) is 5.73 Å². The van der Waals surface area contributed by atoms with Gasteiger partial charge in [0.2, 0.25) is 21.8 Å². The lowest BCUT2D eigenvalue weighted by Crippen LogP contribution is -2.41. The molecule has 0 bridgehead atoms. The highest BCUT2D eigenvalue weighted by atomic mass is 32.2. The maximum Gasteiger partial charge on any atom is 0.248 e. The van der Waals surface area contributed by atoms with Crippen molar-refractivity contribution in [1.82, 2.24) is 4.72 Å². The van der Waals surface area contributed by atoms with E-state index in [1.165, 1.54) is 43.3 Å². The highest BCUT2D eigenvalue weighted by molar-refractivity contribution is 7.89. The van der Waals surface area contributed by atoms with Crippen LogP contribution in [-0.2, 0) is 14.8 Å². The summed E-state index contributed by atoms with van der Waals surface area (Å²) < 4.78 is 26.7. The molecule has 126 valence electrons. The number of hydrogen-bond acceptors (Lipinski definition) is 4. The van der Waals surface area contributed by atoms with Gasteiger partial charge in [0.15, 0.2) is 0 Å². The fourth-order valence-corrected chi connectivity index (χ4v) is 3.15. The molecule has 8 heteroatoms. The zero-order chi connectivity index (χ0) is 17.7. The van der Waals surface area contributed by atoms with Crippen LogP contribution in [0.5, 0.6) is 0 Å². The standard InChI is InChI=1S/C16H17N3O4S/c1-11(19-24(22,23)14-5-3-2-4-6-14)16(21)18-13-9-7-12(8-10-13)15(17)20/h2-11,19H,1H3,(H2,17,20)(H,18,21)/t11-/m0/s1. The van der Waals surface area contributed by atoms with Crippen LogP contribution in [0.25, 0.3) is 0 Å². The first-order chi connectivity index (χ1) is 11.3. The molecule has 0 saturated heterocycles. The third-order valence-electron chi connectivity index (χ3n) is 3.22. The number of amides is 2. The first-order valence-corrected chi connectivity index (χ1v) is 8.56. The van der Waals surface area contributed by atoms with Crippen molar-refractivity contribution in [1.29, 1.82) is 0 Å². The van der Waals surface area contributed by atoms with Crippen molar-refractivity contribution in [3.63, 3.8) is 0 Å². The second-order valence-corrected chi connectivity index (χ2v) is 6.80. The third kappa shape index (κ3) is 4.40. The summed E-state index contributed by atoms with van der Waals surface area (Å²) >= 11 is 0. The molecule has 0 aromatic heterocycles. The summed E-state index contributed by atoms with van der Waals surface area (Å²) in [5.41, 5.74) is 5.87. The summed E-state index contributed by atoms with van der Waals surface area (Å²) in [4.78, 5) is 23.2. The molecule has 0 unspecified atom stereocenters. The van der Waals surface area contributed by atoms with Crippen molar-refractivity contribution in [3.8, 4) is 0 Å². The Hall–Kier alpha value is -2.71. The first kappa shape index (κ1) is 17.6. The van der Waals surface area contributed by atoms with Gasteiger partial charge in [-0.3, -0.25) is 9.59 Å². The minimum absolute atomic E-state index is 0.0791. The van der Waals surface area contributed by atoms with Gasteiger partial charge >= 0.3 is 0 Å². The van der Waals surface area contributed by atoms with Crippen LogP contribution in [0.4, 0.5) is 5.69 Å². The van der Waals surface area contributed by atoms with Crippen LogP contribution in [0, 0.1) is 0 Å². The number of sulfonamides is 1. The quantitative estimate of drug-likeness (QED) is 0.725. The molecular weight excluding hydrogens is 330 g/mol. The van der Waals surface area contributed by atoms with Crippen molar-refractivity contribution >= 4 is 27.5 Å². The second-order valence-electron chi connectivity index (χ2n) is 5.09. The lowest BCUT2D eigenvalue weighted by atomic mass is 10.2. The predicted molar refractivity (Wildman–Crippen MR) is 89.8 cm³/mol. The van der Waals surface area contributed by atoms with Gasteiger partial charge in [0.05, 0.1) is 10.9 Å². The van der Waals surface area contributed by atoms with Crippen LogP contribution >= 0.6 is 0 Å². The van der Waals surface area contributed by atoms with Gasteiger partial charge in [0, 0.05) is 11.3 Å². The molecule has 4 N–H and O–H groups in total. The number of anilines is 1. The number of carbonyl (C=O) groups excluding carboxylic acids is 2. The maximum absolute atomic E-state index is 12.2. The Morgan fingerprint density at radius 1 is 1.00 bits per heavy atom. The van der Waals surface area contributed by atoms with E-state index in [2.05, 4.69) is 10.0 Å². The monoisotopic (exact) mass is 347 g/mol. The van der Waals surface area contributed by atoms with Gasteiger partial charge in [-0.2, -0.15) is 4.72 Å². The van der Waals surface area contributed by atoms with Crippen molar-refractivity contribution in [2.45, 2.75) is 17.9 Å². The summed E-state index contributed by atoms with van der Waals surface area (Å²) in [5.74, 6) is -1.10. The van der Waals surface area contributed by atoms with Gasteiger partial charge in [0.25, 0.3) is 0 Å². The van der Waals surface area contributed by atoms with E-state index in [0.29, 0.717) is 11.3 Å². The number of rotatable bonds is 6. The molecule has 0 radical (unpaired) electrons. The minimum Gasteiger partial charge on any atom is -0.366 e. The molecular formula is C16H17N3O4S. The summed E-state index contributed by atoms with van der Waals surface area (Å²) in [5, 5.41) is 2.56. The molecule has 0 aliphatic heterocycles. The van der Waals surface area contributed by atoms with Crippen LogP contribution in [0.1, 0.15) is 17.3 Å². The molecule has 24 heavy (non-hydrogen) atoms. The van der Waals surface area contributed by atoms with E-state index in [1.54, 1.807) is 18.2 Å². The van der Waals surface area contributed by atoms with Crippen molar-refractivity contribution in [2.75, 3.05) is 5.32 Å². The number of carbonyl (C=O) groups is 2. The van der Waals surface area contributed by atoms with Gasteiger partial charge in [-0.1, -0.05) is 18.2 Å². The predicted octanol–water partition coefficient (Wildman–Crippen LogP) is 1.09. The molecule has 0 saturated carbocycles. The molecule has 7 nitrogen and oxygen atoms in total. The molecule has 0 spiro atoms. The largest absolute Gasteiger partial charge is 0.366 e. The summed E-state index contributed by atoms with van der Waals surface area (Å²) in [7, 11) is -3.79. The zero-order valence-electron chi connectivity index (χ0n) is 12.9. The fourth-order valence-electron chi connectivity index (χ4n) is 1.92. The smallest absolute Gasteiger partial charge is 0.248 e. The Morgan fingerprint density at radius 3 is 2.12 bits per heavy atom. The van der Waals surface area contributed by atoms with E-state index in [1.807, 2.05) is 0 Å². The number of nitrogens with one attached hydrogen (secondary N) is 2. The minimum atomic E-state index is -3.79. The number of benzene rings is 2.